The van der Waals surface area contributed by atoms with E-state index in [1.54, 1.807) is 13.8 Å². The molecule has 1 fully saturated rings. The third kappa shape index (κ3) is 5.93. The summed E-state index contributed by atoms with van der Waals surface area (Å²) in [4.78, 5) is 24.0. The zero-order valence-corrected chi connectivity index (χ0v) is 18.3. The molecule has 0 spiro atoms. The van der Waals surface area contributed by atoms with Crippen molar-refractivity contribution >= 4 is 21.9 Å². The van der Waals surface area contributed by atoms with Crippen LogP contribution in [-0.2, 0) is 19.6 Å². The number of piperidine rings is 1. The van der Waals surface area contributed by atoms with Crippen LogP contribution in [0.4, 0.5) is 0 Å². The van der Waals surface area contributed by atoms with Crippen molar-refractivity contribution in [2.24, 2.45) is 0 Å². The summed E-state index contributed by atoms with van der Waals surface area (Å²) in [5.74, 6) is -0.676. The van der Waals surface area contributed by atoms with E-state index in [1.807, 2.05) is 6.92 Å². The second kappa shape index (κ2) is 10.1. The third-order valence-corrected chi connectivity index (χ3v) is 6.77. The highest BCUT2D eigenvalue weighted by Gasteiger charge is 2.33. The van der Waals surface area contributed by atoms with Crippen molar-refractivity contribution in [1.29, 1.82) is 0 Å². The quantitative estimate of drug-likeness (QED) is 0.640. The fourth-order valence-electron chi connectivity index (χ4n) is 3.28. The lowest BCUT2D eigenvalue weighted by molar-refractivity contribution is -0.147. The molecule has 1 heterocycles. The summed E-state index contributed by atoms with van der Waals surface area (Å²) in [6.45, 7) is 5.93. The zero-order chi connectivity index (χ0) is 21.6. The Bertz CT molecular complexity index is 837. The van der Waals surface area contributed by atoms with Crippen LogP contribution in [0.25, 0.3) is 0 Å². The summed E-state index contributed by atoms with van der Waals surface area (Å²) >= 11 is 0. The van der Waals surface area contributed by atoms with Crippen LogP contribution in [0.5, 0.6) is 5.75 Å². The van der Waals surface area contributed by atoms with Crippen LogP contribution in [0.1, 0.15) is 56.8 Å². The molecule has 1 amide bonds. The van der Waals surface area contributed by atoms with Crippen molar-refractivity contribution in [3.8, 4) is 5.75 Å². The first-order valence-electron chi connectivity index (χ1n) is 9.84. The van der Waals surface area contributed by atoms with Gasteiger partial charge >= 0.3 is 5.97 Å². The molecular weight excluding hydrogens is 396 g/mol. The molecule has 0 aliphatic carbocycles. The molecule has 9 heteroatoms. The number of amides is 1. The normalized spacial score (nSPS) is 17.8. The molecule has 0 bridgehead atoms. The van der Waals surface area contributed by atoms with Gasteiger partial charge < -0.3 is 14.8 Å². The zero-order valence-electron chi connectivity index (χ0n) is 17.4. The largest absolute Gasteiger partial charge is 0.495 e. The van der Waals surface area contributed by atoms with Crippen molar-refractivity contribution in [2.75, 3.05) is 20.2 Å². The fraction of sp³-hybridized carbons (Fsp3) is 0.600. The molecule has 1 aliphatic heterocycles. The predicted octanol–water partition coefficient (Wildman–Crippen LogP) is 2.33. The minimum absolute atomic E-state index is 0.0272. The van der Waals surface area contributed by atoms with Crippen molar-refractivity contribution in [3.63, 3.8) is 0 Å². The van der Waals surface area contributed by atoms with Gasteiger partial charge in [0.25, 0.3) is 5.91 Å². The molecule has 0 radical (unpaired) electrons. The van der Waals surface area contributed by atoms with Crippen LogP contribution in [-0.4, -0.2) is 56.9 Å². The van der Waals surface area contributed by atoms with Gasteiger partial charge in [-0.2, -0.15) is 4.31 Å². The number of hydrogen-bond donors (Lipinski definition) is 1. The number of sulfonamides is 1. The number of hydrogen-bond acceptors (Lipinski definition) is 6. The van der Waals surface area contributed by atoms with E-state index in [4.69, 9.17) is 9.47 Å². The lowest BCUT2D eigenvalue weighted by Crippen LogP contribution is -2.42. The highest BCUT2D eigenvalue weighted by atomic mass is 32.2. The number of carbonyl (C=O) groups is 2. The summed E-state index contributed by atoms with van der Waals surface area (Å²) in [5.41, 5.74) is 0.186. The van der Waals surface area contributed by atoms with E-state index in [0.29, 0.717) is 6.54 Å². The maximum atomic E-state index is 13.2. The summed E-state index contributed by atoms with van der Waals surface area (Å²) in [5, 5.41) is 2.62. The topological polar surface area (TPSA) is 102 Å². The van der Waals surface area contributed by atoms with E-state index in [1.165, 1.54) is 29.6 Å². The summed E-state index contributed by atoms with van der Waals surface area (Å²) in [6.07, 6.45) is 2.42. The van der Waals surface area contributed by atoms with Gasteiger partial charge in [0.15, 0.2) is 0 Å². The fourth-order valence-corrected chi connectivity index (χ4v) is 5.16. The Morgan fingerprint density at radius 3 is 2.62 bits per heavy atom. The van der Waals surface area contributed by atoms with Gasteiger partial charge in [0.1, 0.15) is 10.6 Å². The lowest BCUT2D eigenvalue weighted by atomic mass is 10.1. The molecule has 0 saturated carbocycles. The molecular formula is C20H30N2O6S. The molecule has 0 aromatic heterocycles. The molecule has 1 atom stereocenters. The first-order chi connectivity index (χ1) is 13.7. The number of nitrogens with one attached hydrogen (secondary N) is 1. The highest BCUT2D eigenvalue weighted by Crippen LogP contribution is 2.31. The Kier molecular flexibility index (Phi) is 8.04. The maximum absolute atomic E-state index is 13.2. The molecule has 162 valence electrons. The van der Waals surface area contributed by atoms with Crippen LogP contribution < -0.4 is 10.1 Å². The number of nitrogens with zero attached hydrogens (tertiary/aromatic N) is 1. The van der Waals surface area contributed by atoms with Crippen LogP contribution in [0.2, 0.25) is 0 Å². The van der Waals surface area contributed by atoms with E-state index in [2.05, 4.69) is 5.32 Å². The monoisotopic (exact) mass is 426 g/mol. The van der Waals surface area contributed by atoms with Gasteiger partial charge in [-0.15, -0.1) is 0 Å². The van der Waals surface area contributed by atoms with Crippen LogP contribution in [0.15, 0.2) is 23.1 Å². The Morgan fingerprint density at radius 2 is 2.00 bits per heavy atom. The summed E-state index contributed by atoms with van der Waals surface area (Å²) < 4.78 is 38.2. The first kappa shape index (κ1) is 23.2. The Labute approximate surface area is 172 Å². The number of benzene rings is 1. The van der Waals surface area contributed by atoms with Crippen molar-refractivity contribution in [3.05, 3.63) is 23.8 Å². The second-order valence-corrected chi connectivity index (χ2v) is 9.23. The SMILES string of the molecule is COc1ccc(C(=O)NCCC(=O)OC(C)C)cc1S(=O)(=O)N1CCCC[C@@H]1C. The average molecular weight is 427 g/mol. The Hall–Kier alpha value is -2.13. The van der Waals surface area contributed by atoms with Crippen LogP contribution >= 0.6 is 0 Å². The van der Waals surface area contributed by atoms with Gasteiger partial charge in [0.05, 0.1) is 19.6 Å². The lowest BCUT2D eigenvalue weighted by Gasteiger charge is -2.32. The van der Waals surface area contributed by atoms with E-state index in [9.17, 15) is 18.0 Å². The Morgan fingerprint density at radius 1 is 1.28 bits per heavy atom. The molecule has 1 aromatic rings. The van der Waals surface area contributed by atoms with E-state index < -0.39 is 21.9 Å². The van der Waals surface area contributed by atoms with E-state index >= 15 is 0 Å². The van der Waals surface area contributed by atoms with Crippen molar-refractivity contribution in [2.45, 2.75) is 63.5 Å². The van der Waals surface area contributed by atoms with Crippen LogP contribution in [0, 0.1) is 0 Å². The molecule has 1 N–H and O–H groups in total. The highest BCUT2D eigenvalue weighted by molar-refractivity contribution is 7.89. The van der Waals surface area contributed by atoms with Crippen molar-refractivity contribution < 1.29 is 27.5 Å². The number of ether oxygens (including phenoxy) is 2. The minimum atomic E-state index is -3.80. The van der Waals surface area contributed by atoms with Crippen LogP contribution in [0.3, 0.4) is 0 Å². The molecule has 2 rings (SSSR count). The minimum Gasteiger partial charge on any atom is -0.495 e. The molecule has 1 aliphatic rings. The number of methoxy groups -OCH3 is 1. The molecule has 29 heavy (non-hydrogen) atoms. The van der Waals surface area contributed by atoms with Gasteiger partial charge in [-0.25, -0.2) is 8.42 Å². The molecule has 0 unspecified atom stereocenters. The van der Waals surface area contributed by atoms with Crippen molar-refractivity contribution in [1.82, 2.24) is 9.62 Å². The second-order valence-electron chi connectivity index (χ2n) is 7.37. The first-order valence-corrected chi connectivity index (χ1v) is 11.3. The number of esters is 1. The molecule has 1 saturated heterocycles. The van der Waals surface area contributed by atoms with Gasteiger partial charge in [-0.3, -0.25) is 9.59 Å². The predicted molar refractivity (Wildman–Crippen MR) is 108 cm³/mol. The van der Waals surface area contributed by atoms with E-state index in [-0.39, 0.29) is 41.3 Å². The summed E-state index contributed by atoms with van der Waals surface area (Å²) in [7, 11) is -2.41. The van der Waals surface area contributed by atoms with Gasteiger partial charge in [-0.1, -0.05) is 6.42 Å². The standard InChI is InChI=1S/C20H30N2O6S/c1-14(2)28-19(23)10-11-21-20(24)16-8-9-17(27-4)18(13-16)29(25,26)22-12-6-5-7-15(22)3/h8-9,13-15H,5-7,10-12H2,1-4H3,(H,21,24)/t15-/m0/s1. The number of rotatable bonds is 8. The third-order valence-electron chi connectivity index (χ3n) is 4.74. The molecule has 1 aromatic carbocycles. The van der Waals surface area contributed by atoms with Gasteiger partial charge in [0, 0.05) is 24.7 Å². The van der Waals surface area contributed by atoms with Gasteiger partial charge in [-0.05, 0) is 51.8 Å². The number of carbonyl (C=O) groups excluding carboxylic acids is 2. The van der Waals surface area contributed by atoms with E-state index in [0.717, 1.165) is 19.3 Å². The maximum Gasteiger partial charge on any atom is 0.307 e. The van der Waals surface area contributed by atoms with Gasteiger partial charge in [0.2, 0.25) is 10.0 Å². The smallest absolute Gasteiger partial charge is 0.307 e. The average Bonchev–Trinajstić information content (AvgIpc) is 2.67. The Balaban J connectivity index is 2.17. The molecule has 8 nitrogen and oxygen atoms in total. The summed E-state index contributed by atoms with van der Waals surface area (Å²) in [6, 6.07) is 4.20.